The van der Waals surface area contributed by atoms with E-state index in [2.05, 4.69) is 36.6 Å². The van der Waals surface area contributed by atoms with Crippen molar-refractivity contribution in [2.24, 2.45) is 5.41 Å². The molecular weight excluding hydrogens is 300 g/mol. The van der Waals surface area contributed by atoms with E-state index in [1.807, 2.05) is 32.9 Å². The first-order valence-corrected chi connectivity index (χ1v) is 8.95. The van der Waals surface area contributed by atoms with Crippen molar-refractivity contribution in [3.8, 4) is 0 Å². The van der Waals surface area contributed by atoms with E-state index in [9.17, 15) is 4.79 Å². The molecule has 1 aliphatic rings. The lowest BCUT2D eigenvalue weighted by molar-refractivity contribution is 0.0523. The first kappa shape index (κ1) is 18.6. The third-order valence-electron chi connectivity index (χ3n) is 4.47. The van der Waals surface area contributed by atoms with Crippen molar-refractivity contribution in [2.45, 2.75) is 78.5 Å². The van der Waals surface area contributed by atoms with Gasteiger partial charge in [0.05, 0.1) is 0 Å². The van der Waals surface area contributed by atoms with Crippen LogP contribution in [0, 0.1) is 5.41 Å². The van der Waals surface area contributed by atoms with Crippen molar-refractivity contribution >= 4 is 11.8 Å². The number of rotatable bonds is 4. The lowest BCUT2D eigenvalue weighted by atomic mass is 9.75. The number of hydrogen-bond donors (Lipinski definition) is 2. The number of ether oxygens (including phenoxy) is 1. The van der Waals surface area contributed by atoms with Crippen LogP contribution in [0.1, 0.15) is 65.9 Å². The molecule has 24 heavy (non-hydrogen) atoms. The fourth-order valence-corrected chi connectivity index (χ4v) is 3.04. The van der Waals surface area contributed by atoms with Crippen LogP contribution in [0.25, 0.3) is 0 Å². The molecule has 1 amide bonds. The van der Waals surface area contributed by atoms with E-state index < -0.39 is 5.60 Å². The Morgan fingerprint density at radius 2 is 1.92 bits per heavy atom. The number of carbonyl (C=O) groups excluding carboxylic acids is 1. The third-order valence-corrected chi connectivity index (χ3v) is 4.47. The summed E-state index contributed by atoms with van der Waals surface area (Å²) in [4.78, 5) is 11.7. The van der Waals surface area contributed by atoms with Crippen LogP contribution in [0.2, 0.25) is 0 Å². The molecule has 4 nitrogen and oxygen atoms in total. The zero-order valence-electron chi connectivity index (χ0n) is 15.7. The number of carbonyl (C=O) groups is 1. The lowest BCUT2D eigenvalue weighted by Crippen LogP contribution is -2.32. The molecule has 0 atom stereocenters. The number of alkyl carbamates (subject to hydrolysis) is 1. The van der Waals surface area contributed by atoms with Crippen LogP contribution in [-0.2, 0) is 11.3 Å². The van der Waals surface area contributed by atoms with Crippen molar-refractivity contribution in [2.75, 3.05) is 5.32 Å². The molecule has 1 saturated carbocycles. The summed E-state index contributed by atoms with van der Waals surface area (Å²) in [6.45, 7) is 10.8. The molecule has 0 aromatic heterocycles. The molecule has 0 radical (unpaired) electrons. The molecular formula is C20H32N2O2. The molecule has 0 bridgehead atoms. The number of anilines is 1. The van der Waals surface area contributed by atoms with E-state index in [-0.39, 0.29) is 6.09 Å². The summed E-state index contributed by atoms with van der Waals surface area (Å²) in [5.74, 6) is 0. The van der Waals surface area contributed by atoms with Gasteiger partial charge in [-0.25, -0.2) is 4.79 Å². The fourth-order valence-electron chi connectivity index (χ4n) is 3.04. The van der Waals surface area contributed by atoms with E-state index in [1.165, 1.54) is 25.7 Å². The third kappa shape index (κ3) is 6.42. The molecule has 0 saturated heterocycles. The first-order chi connectivity index (χ1) is 11.1. The van der Waals surface area contributed by atoms with Gasteiger partial charge in [-0.3, -0.25) is 0 Å². The van der Waals surface area contributed by atoms with Crippen molar-refractivity contribution in [1.29, 1.82) is 0 Å². The first-order valence-electron chi connectivity index (χ1n) is 8.95. The second-order valence-electron chi connectivity index (χ2n) is 8.64. The minimum Gasteiger partial charge on any atom is -0.444 e. The van der Waals surface area contributed by atoms with Crippen LogP contribution in [0.4, 0.5) is 10.5 Å². The van der Waals surface area contributed by atoms with Crippen molar-refractivity contribution in [1.82, 2.24) is 5.32 Å². The van der Waals surface area contributed by atoms with Gasteiger partial charge in [0, 0.05) is 18.3 Å². The highest BCUT2D eigenvalue weighted by molar-refractivity contribution is 5.67. The summed E-state index contributed by atoms with van der Waals surface area (Å²) in [6.07, 6.45) is 4.59. The van der Waals surface area contributed by atoms with Gasteiger partial charge in [0.1, 0.15) is 5.60 Å². The van der Waals surface area contributed by atoms with Gasteiger partial charge < -0.3 is 15.4 Å². The summed E-state index contributed by atoms with van der Waals surface area (Å²) in [7, 11) is 0. The molecule has 134 valence electrons. The largest absolute Gasteiger partial charge is 0.444 e. The van der Waals surface area contributed by atoms with Gasteiger partial charge in [-0.1, -0.05) is 26.0 Å². The summed E-state index contributed by atoms with van der Waals surface area (Å²) >= 11 is 0. The topological polar surface area (TPSA) is 50.4 Å². The van der Waals surface area contributed by atoms with E-state index >= 15 is 0 Å². The molecule has 1 aliphatic carbocycles. The molecule has 0 heterocycles. The number of hydrogen-bond acceptors (Lipinski definition) is 3. The van der Waals surface area contributed by atoms with Crippen molar-refractivity contribution in [3.63, 3.8) is 0 Å². The zero-order chi connectivity index (χ0) is 17.8. The molecule has 2 N–H and O–H groups in total. The molecule has 1 fully saturated rings. The predicted molar refractivity (Wildman–Crippen MR) is 99.2 cm³/mol. The van der Waals surface area contributed by atoms with Crippen LogP contribution < -0.4 is 10.6 Å². The van der Waals surface area contributed by atoms with Gasteiger partial charge >= 0.3 is 6.09 Å². The SMILES string of the molecule is CC1(C)CCC(Nc2cccc(CNC(=O)OC(C)(C)C)c2)CC1. The minimum absolute atomic E-state index is 0.379. The van der Waals surface area contributed by atoms with Crippen molar-refractivity contribution < 1.29 is 9.53 Å². The normalized spacial score (nSPS) is 18.0. The Hall–Kier alpha value is -1.71. The van der Waals surface area contributed by atoms with Gasteiger partial charge in [0.25, 0.3) is 0 Å². The molecule has 2 rings (SSSR count). The molecule has 1 aromatic rings. The summed E-state index contributed by atoms with van der Waals surface area (Å²) in [5, 5.41) is 6.45. The smallest absolute Gasteiger partial charge is 0.407 e. The van der Waals surface area contributed by atoms with E-state index in [0.717, 1.165) is 11.3 Å². The quantitative estimate of drug-likeness (QED) is 0.807. The number of nitrogens with one attached hydrogen (secondary N) is 2. The highest BCUT2D eigenvalue weighted by atomic mass is 16.6. The Bertz CT molecular complexity index is 551. The molecule has 4 heteroatoms. The van der Waals surface area contributed by atoms with Gasteiger partial charge in [-0.2, -0.15) is 0 Å². The average Bonchev–Trinajstić information content (AvgIpc) is 2.46. The average molecular weight is 332 g/mol. The maximum Gasteiger partial charge on any atom is 0.407 e. The zero-order valence-corrected chi connectivity index (χ0v) is 15.7. The monoisotopic (exact) mass is 332 g/mol. The van der Waals surface area contributed by atoms with Gasteiger partial charge in [0.15, 0.2) is 0 Å². The number of benzene rings is 1. The molecule has 0 spiro atoms. The molecule has 0 unspecified atom stereocenters. The summed E-state index contributed by atoms with van der Waals surface area (Å²) < 4.78 is 5.26. The maximum atomic E-state index is 11.7. The van der Waals surface area contributed by atoms with Gasteiger partial charge in [-0.15, -0.1) is 0 Å². The van der Waals surface area contributed by atoms with E-state index in [0.29, 0.717) is 18.0 Å². The van der Waals surface area contributed by atoms with E-state index in [1.54, 1.807) is 0 Å². The second kappa shape index (κ2) is 7.45. The lowest BCUT2D eigenvalue weighted by Gasteiger charge is -2.35. The van der Waals surface area contributed by atoms with Gasteiger partial charge in [-0.05, 0) is 69.6 Å². The summed E-state index contributed by atoms with van der Waals surface area (Å²) in [5.41, 5.74) is 2.21. The second-order valence-corrected chi connectivity index (χ2v) is 8.64. The standard InChI is InChI=1S/C20H32N2O2/c1-19(2,3)24-18(23)21-14-15-7-6-8-17(13-15)22-16-9-11-20(4,5)12-10-16/h6-8,13,16,22H,9-12,14H2,1-5H3,(H,21,23). The molecule has 0 aliphatic heterocycles. The van der Waals surface area contributed by atoms with Crippen LogP contribution in [0.3, 0.4) is 0 Å². The highest BCUT2D eigenvalue weighted by Gasteiger charge is 2.26. The van der Waals surface area contributed by atoms with Crippen molar-refractivity contribution in [3.05, 3.63) is 29.8 Å². The Labute approximate surface area is 146 Å². The van der Waals surface area contributed by atoms with Crippen LogP contribution in [0.15, 0.2) is 24.3 Å². The Morgan fingerprint density at radius 3 is 2.54 bits per heavy atom. The predicted octanol–water partition coefficient (Wildman–Crippen LogP) is 5.09. The van der Waals surface area contributed by atoms with Gasteiger partial charge in [0.2, 0.25) is 0 Å². The van der Waals surface area contributed by atoms with Crippen LogP contribution >= 0.6 is 0 Å². The number of amides is 1. The Balaban J connectivity index is 1.84. The Morgan fingerprint density at radius 1 is 1.25 bits per heavy atom. The maximum absolute atomic E-state index is 11.7. The van der Waals surface area contributed by atoms with Crippen LogP contribution in [0.5, 0.6) is 0 Å². The van der Waals surface area contributed by atoms with Crippen LogP contribution in [-0.4, -0.2) is 17.7 Å². The van der Waals surface area contributed by atoms with E-state index in [4.69, 9.17) is 4.74 Å². The summed E-state index contributed by atoms with van der Waals surface area (Å²) in [6, 6.07) is 8.80. The highest BCUT2D eigenvalue weighted by Crippen LogP contribution is 2.36. The minimum atomic E-state index is -0.470. The fraction of sp³-hybridized carbons (Fsp3) is 0.650. The molecule has 1 aromatic carbocycles. The Kier molecular flexibility index (Phi) is 5.79.